The van der Waals surface area contributed by atoms with E-state index in [1.165, 1.54) is 49.4 Å². The molecule has 4 nitrogen and oxygen atoms in total. The molecule has 2 aliphatic heterocycles. The normalized spacial score (nSPS) is 29.3. The Morgan fingerprint density at radius 1 is 1.23 bits per heavy atom. The van der Waals surface area contributed by atoms with Crippen LogP contribution in [0.3, 0.4) is 0 Å². The maximum atomic E-state index is 13.0. The number of fused-ring (bicyclic) bond motifs is 1. The Morgan fingerprint density at radius 2 is 2.04 bits per heavy atom. The van der Waals surface area contributed by atoms with E-state index in [0.29, 0.717) is 5.92 Å². The van der Waals surface area contributed by atoms with Crippen LogP contribution in [0, 0.1) is 11.3 Å². The van der Waals surface area contributed by atoms with Gasteiger partial charge in [-0.05, 0) is 49.4 Å². The van der Waals surface area contributed by atoms with Gasteiger partial charge in [0.25, 0.3) is 0 Å². The van der Waals surface area contributed by atoms with E-state index in [-0.39, 0.29) is 11.3 Å². The molecule has 1 saturated carbocycles. The first-order chi connectivity index (χ1) is 12.8. The van der Waals surface area contributed by atoms with Gasteiger partial charge in [-0.2, -0.15) is 11.8 Å². The van der Waals surface area contributed by atoms with Gasteiger partial charge in [-0.3, -0.25) is 4.79 Å². The highest BCUT2D eigenvalue weighted by Gasteiger charge is 2.49. The smallest absolute Gasteiger partial charge is 0.232 e. The lowest BCUT2D eigenvalue weighted by Gasteiger charge is -2.37. The van der Waals surface area contributed by atoms with Crippen molar-refractivity contribution in [3.8, 4) is 0 Å². The van der Waals surface area contributed by atoms with E-state index in [0.717, 1.165) is 38.2 Å². The van der Waals surface area contributed by atoms with E-state index < -0.39 is 0 Å². The number of nitrogens with zero attached hydrogens (tertiary/aromatic N) is 1. The Labute approximate surface area is 161 Å². The van der Waals surface area contributed by atoms with Crippen molar-refractivity contribution >= 4 is 23.4 Å². The van der Waals surface area contributed by atoms with E-state index in [2.05, 4.69) is 51.6 Å². The first-order valence-electron chi connectivity index (χ1n) is 10.2. The topological polar surface area (TPSA) is 44.4 Å². The highest BCUT2D eigenvalue weighted by Crippen LogP contribution is 2.44. The summed E-state index contributed by atoms with van der Waals surface area (Å²) in [4.78, 5) is 15.6. The van der Waals surface area contributed by atoms with Gasteiger partial charge in [0.2, 0.25) is 5.91 Å². The highest BCUT2D eigenvalue weighted by molar-refractivity contribution is 7.99. The molecule has 2 N–H and O–H groups in total. The van der Waals surface area contributed by atoms with E-state index in [1.807, 2.05) is 0 Å². The molecular weight excluding hydrogens is 342 g/mol. The van der Waals surface area contributed by atoms with E-state index >= 15 is 0 Å². The van der Waals surface area contributed by atoms with Gasteiger partial charge in [0.05, 0.1) is 5.41 Å². The lowest BCUT2D eigenvalue weighted by molar-refractivity contribution is -0.128. The van der Waals surface area contributed by atoms with Gasteiger partial charge in [-0.1, -0.05) is 25.0 Å². The van der Waals surface area contributed by atoms with Crippen LogP contribution in [0.15, 0.2) is 24.3 Å². The quantitative estimate of drug-likeness (QED) is 0.833. The number of hydrogen-bond donors (Lipinski definition) is 2. The lowest BCUT2D eigenvalue weighted by Crippen LogP contribution is -2.44. The number of amides is 1. The predicted molar refractivity (Wildman–Crippen MR) is 110 cm³/mol. The first-order valence-corrected chi connectivity index (χ1v) is 11.3. The number of hydrogen-bond acceptors (Lipinski definition) is 4. The van der Waals surface area contributed by atoms with Crippen molar-refractivity contribution < 1.29 is 4.79 Å². The number of carbonyl (C=O) groups excluding carboxylic acids is 1. The molecule has 0 radical (unpaired) electrons. The zero-order valence-electron chi connectivity index (χ0n) is 15.6. The average Bonchev–Trinajstić information content (AvgIpc) is 3.14. The van der Waals surface area contributed by atoms with Crippen LogP contribution in [-0.2, 0) is 11.2 Å². The van der Waals surface area contributed by atoms with Crippen molar-refractivity contribution in [1.82, 2.24) is 10.2 Å². The molecule has 2 saturated heterocycles. The van der Waals surface area contributed by atoms with Crippen molar-refractivity contribution in [2.45, 2.75) is 32.1 Å². The van der Waals surface area contributed by atoms with Gasteiger partial charge < -0.3 is 15.5 Å². The molecule has 2 atom stereocenters. The largest absolute Gasteiger partial charge is 0.326 e. The van der Waals surface area contributed by atoms with Crippen molar-refractivity contribution in [3.05, 3.63) is 29.8 Å². The van der Waals surface area contributed by atoms with Gasteiger partial charge in [-0.25, -0.2) is 0 Å². The highest BCUT2D eigenvalue weighted by atomic mass is 32.2. The van der Waals surface area contributed by atoms with Crippen molar-refractivity contribution in [1.29, 1.82) is 0 Å². The molecule has 2 heterocycles. The Bertz CT molecular complexity index is 614. The minimum absolute atomic E-state index is 0.177. The van der Waals surface area contributed by atoms with Crippen LogP contribution in [0.5, 0.6) is 0 Å². The van der Waals surface area contributed by atoms with Crippen LogP contribution >= 0.6 is 11.8 Å². The fraction of sp³-hybridized carbons (Fsp3) is 0.667. The third-order valence-corrected chi connectivity index (χ3v) is 7.47. The van der Waals surface area contributed by atoms with E-state index in [9.17, 15) is 4.79 Å². The summed E-state index contributed by atoms with van der Waals surface area (Å²) in [6, 6.07) is 8.51. The van der Waals surface area contributed by atoms with Gasteiger partial charge in [0.15, 0.2) is 0 Å². The minimum atomic E-state index is -0.177. The summed E-state index contributed by atoms with van der Waals surface area (Å²) in [6.45, 7) is 5.42. The summed E-state index contributed by atoms with van der Waals surface area (Å²) in [5.41, 5.74) is 2.12. The molecule has 26 heavy (non-hydrogen) atoms. The maximum absolute atomic E-state index is 13.0. The summed E-state index contributed by atoms with van der Waals surface area (Å²) >= 11 is 2.06. The van der Waals surface area contributed by atoms with E-state index in [4.69, 9.17) is 0 Å². The van der Waals surface area contributed by atoms with Crippen LogP contribution in [0.25, 0.3) is 0 Å². The zero-order chi connectivity index (χ0) is 17.8. The lowest BCUT2D eigenvalue weighted by atomic mass is 9.67. The van der Waals surface area contributed by atoms with Gasteiger partial charge in [0.1, 0.15) is 0 Å². The average molecular weight is 374 g/mol. The van der Waals surface area contributed by atoms with Crippen molar-refractivity contribution in [2.24, 2.45) is 11.3 Å². The molecule has 1 aromatic carbocycles. The molecule has 0 bridgehead atoms. The van der Waals surface area contributed by atoms with Crippen LogP contribution in [0.1, 0.15) is 31.2 Å². The monoisotopic (exact) mass is 373 g/mol. The predicted octanol–water partition coefficient (Wildman–Crippen LogP) is 3.00. The molecule has 4 rings (SSSR count). The Morgan fingerprint density at radius 3 is 2.85 bits per heavy atom. The number of benzene rings is 1. The minimum Gasteiger partial charge on any atom is -0.326 e. The van der Waals surface area contributed by atoms with Crippen LogP contribution in [-0.4, -0.2) is 55.0 Å². The zero-order valence-corrected chi connectivity index (χ0v) is 16.5. The molecule has 3 fully saturated rings. The molecule has 1 aliphatic carbocycles. The van der Waals surface area contributed by atoms with Gasteiger partial charge >= 0.3 is 0 Å². The summed E-state index contributed by atoms with van der Waals surface area (Å²) in [5, 5.41) is 6.68. The second-order valence-electron chi connectivity index (χ2n) is 8.08. The second-order valence-corrected chi connectivity index (χ2v) is 9.31. The first kappa shape index (κ1) is 18.3. The fourth-order valence-electron chi connectivity index (χ4n) is 4.81. The van der Waals surface area contributed by atoms with Crippen LogP contribution in [0.4, 0.5) is 5.69 Å². The van der Waals surface area contributed by atoms with E-state index in [1.54, 1.807) is 0 Å². The summed E-state index contributed by atoms with van der Waals surface area (Å²) < 4.78 is 0. The van der Waals surface area contributed by atoms with Gasteiger partial charge in [0, 0.05) is 43.4 Å². The second kappa shape index (κ2) is 8.32. The molecule has 0 aromatic heterocycles. The summed E-state index contributed by atoms with van der Waals surface area (Å²) in [5.74, 6) is 3.27. The molecule has 142 valence electrons. The number of thioether (sulfide) groups is 1. The van der Waals surface area contributed by atoms with Gasteiger partial charge in [-0.15, -0.1) is 0 Å². The molecule has 3 aliphatic rings. The molecule has 1 amide bonds. The van der Waals surface area contributed by atoms with Crippen molar-refractivity contribution in [3.63, 3.8) is 0 Å². The number of carbonyl (C=O) groups is 1. The number of nitrogens with one attached hydrogen (secondary N) is 2. The molecule has 0 unspecified atom stereocenters. The SMILES string of the molecule is O=C(Nc1ccc(CCN2CCSCC2)cc1)[C@@]12CCCC[C@H]1CNC2. The Balaban J connectivity index is 1.33. The van der Waals surface area contributed by atoms with Crippen LogP contribution < -0.4 is 10.6 Å². The fourth-order valence-corrected chi connectivity index (χ4v) is 5.79. The standard InChI is InChI=1S/C21H31N3OS/c25-20(21-9-2-1-3-18(21)15-22-16-21)23-19-6-4-17(5-7-19)8-10-24-11-13-26-14-12-24/h4-7,18,22H,1-3,8-16H2,(H,23,25)/t18-,21+/m0/s1. The molecule has 5 heteroatoms. The summed E-state index contributed by atoms with van der Waals surface area (Å²) in [6.07, 6.45) is 5.76. The van der Waals surface area contributed by atoms with Crippen molar-refractivity contribution in [2.75, 3.05) is 49.5 Å². The number of rotatable bonds is 5. The Hall–Kier alpha value is -1.04. The Kier molecular flexibility index (Phi) is 5.87. The molecule has 0 spiro atoms. The molecular formula is C21H31N3OS. The maximum Gasteiger partial charge on any atom is 0.232 e. The third kappa shape index (κ3) is 3.95. The summed E-state index contributed by atoms with van der Waals surface area (Å²) in [7, 11) is 0. The van der Waals surface area contributed by atoms with Crippen LogP contribution in [0.2, 0.25) is 0 Å². The number of anilines is 1. The third-order valence-electron chi connectivity index (χ3n) is 6.52. The molecule has 1 aromatic rings.